The fourth-order valence-corrected chi connectivity index (χ4v) is 1.53. The van der Waals surface area contributed by atoms with Crippen LogP contribution in [-0.2, 0) is 0 Å². The normalized spacial score (nSPS) is 16.4. The van der Waals surface area contributed by atoms with Gasteiger partial charge in [0.15, 0.2) is 0 Å². The molecular weight excluding hydrogens is 226 g/mol. The van der Waals surface area contributed by atoms with Crippen LogP contribution in [0.15, 0.2) is 24.3 Å². The van der Waals surface area contributed by atoms with Gasteiger partial charge in [-0.15, -0.1) is 0 Å². The molecule has 18 heavy (non-hydrogen) atoms. The van der Waals surface area contributed by atoms with Gasteiger partial charge in [-0.05, 0) is 25.3 Å². The topological polar surface area (TPSA) is 55.5 Å². The molecule has 3 nitrogen and oxygen atoms in total. The minimum atomic E-state index is -0.830. The monoisotopic (exact) mass is 251 g/mol. The van der Waals surface area contributed by atoms with Gasteiger partial charge in [0.05, 0.1) is 5.60 Å². The highest BCUT2D eigenvalue weighted by Gasteiger charge is 2.26. The standard InChI is InChI=1S/C15H25NO2/c1-5-13(16)12-8-6-7-9-14(12)18-10-15(4,17)11(2)3/h6-9,11,13,17H,5,10,16H2,1-4H3/t13-,15?/m1/s1. The minimum absolute atomic E-state index is 0.0230. The molecule has 1 unspecified atom stereocenters. The van der Waals surface area contributed by atoms with Crippen molar-refractivity contribution in [2.75, 3.05) is 6.61 Å². The Balaban J connectivity index is 2.79. The first-order valence-electron chi connectivity index (χ1n) is 6.58. The zero-order chi connectivity index (χ0) is 13.8. The summed E-state index contributed by atoms with van der Waals surface area (Å²) in [6.45, 7) is 8.07. The van der Waals surface area contributed by atoms with Crippen molar-refractivity contribution in [2.24, 2.45) is 11.7 Å². The number of benzene rings is 1. The van der Waals surface area contributed by atoms with Gasteiger partial charge in [0, 0.05) is 11.6 Å². The molecule has 3 heteroatoms. The summed E-state index contributed by atoms with van der Waals surface area (Å²) in [6.07, 6.45) is 0.862. The molecule has 0 aromatic heterocycles. The van der Waals surface area contributed by atoms with Crippen LogP contribution in [0, 0.1) is 5.92 Å². The maximum Gasteiger partial charge on any atom is 0.124 e. The molecule has 0 heterocycles. The van der Waals surface area contributed by atoms with Gasteiger partial charge in [0.2, 0.25) is 0 Å². The van der Waals surface area contributed by atoms with Gasteiger partial charge in [-0.1, -0.05) is 39.0 Å². The second kappa shape index (κ2) is 6.21. The van der Waals surface area contributed by atoms with Crippen LogP contribution < -0.4 is 10.5 Å². The Morgan fingerprint density at radius 1 is 1.33 bits per heavy atom. The quantitative estimate of drug-likeness (QED) is 0.817. The van der Waals surface area contributed by atoms with Crippen molar-refractivity contribution in [3.8, 4) is 5.75 Å². The Morgan fingerprint density at radius 3 is 2.50 bits per heavy atom. The molecular formula is C15H25NO2. The van der Waals surface area contributed by atoms with E-state index in [1.165, 1.54) is 0 Å². The number of aliphatic hydroxyl groups is 1. The van der Waals surface area contributed by atoms with Crippen LogP contribution in [0.4, 0.5) is 0 Å². The van der Waals surface area contributed by atoms with Crippen molar-refractivity contribution in [1.29, 1.82) is 0 Å². The molecule has 0 aliphatic carbocycles. The van der Waals surface area contributed by atoms with Crippen molar-refractivity contribution in [3.05, 3.63) is 29.8 Å². The molecule has 3 N–H and O–H groups in total. The first-order valence-corrected chi connectivity index (χ1v) is 6.58. The summed E-state index contributed by atoms with van der Waals surface area (Å²) in [7, 11) is 0. The van der Waals surface area contributed by atoms with Crippen LogP contribution in [0.3, 0.4) is 0 Å². The SMILES string of the molecule is CC[C@@H](N)c1ccccc1OCC(C)(O)C(C)C. The highest BCUT2D eigenvalue weighted by atomic mass is 16.5. The Hall–Kier alpha value is -1.06. The van der Waals surface area contributed by atoms with E-state index in [1.807, 2.05) is 45.0 Å². The van der Waals surface area contributed by atoms with Gasteiger partial charge in [-0.25, -0.2) is 0 Å². The van der Waals surface area contributed by atoms with Crippen molar-refractivity contribution in [3.63, 3.8) is 0 Å². The largest absolute Gasteiger partial charge is 0.490 e. The lowest BCUT2D eigenvalue weighted by Gasteiger charge is -2.28. The average Bonchev–Trinajstić information content (AvgIpc) is 2.35. The molecule has 0 aliphatic rings. The highest BCUT2D eigenvalue weighted by Crippen LogP contribution is 2.27. The summed E-state index contributed by atoms with van der Waals surface area (Å²) in [6, 6.07) is 7.74. The summed E-state index contributed by atoms with van der Waals surface area (Å²) in [4.78, 5) is 0. The summed E-state index contributed by atoms with van der Waals surface area (Å²) >= 11 is 0. The molecule has 1 rings (SSSR count). The zero-order valence-corrected chi connectivity index (χ0v) is 11.8. The summed E-state index contributed by atoms with van der Waals surface area (Å²) < 4.78 is 5.76. The third-order valence-electron chi connectivity index (χ3n) is 3.52. The van der Waals surface area contributed by atoms with E-state index in [9.17, 15) is 5.11 Å². The van der Waals surface area contributed by atoms with Crippen LogP contribution in [0.5, 0.6) is 5.75 Å². The second-order valence-electron chi connectivity index (χ2n) is 5.35. The Kier molecular flexibility index (Phi) is 5.17. The van der Waals surface area contributed by atoms with Crippen molar-refractivity contribution < 1.29 is 9.84 Å². The summed E-state index contributed by atoms with van der Waals surface area (Å²) in [5, 5.41) is 10.2. The van der Waals surface area contributed by atoms with Crippen molar-refractivity contribution in [2.45, 2.75) is 45.8 Å². The number of rotatable bonds is 6. The number of ether oxygens (including phenoxy) is 1. The summed E-state index contributed by atoms with van der Waals surface area (Å²) in [5.41, 5.74) is 6.22. The number of para-hydroxylation sites is 1. The van der Waals surface area contributed by atoms with E-state index in [1.54, 1.807) is 6.92 Å². The molecule has 1 aromatic carbocycles. The van der Waals surface area contributed by atoms with Gasteiger partial charge in [0.25, 0.3) is 0 Å². The van der Waals surface area contributed by atoms with E-state index in [4.69, 9.17) is 10.5 Å². The first-order chi connectivity index (χ1) is 8.38. The second-order valence-corrected chi connectivity index (χ2v) is 5.35. The predicted molar refractivity (Wildman–Crippen MR) is 74.6 cm³/mol. The Labute approximate surface area is 110 Å². The lowest BCUT2D eigenvalue weighted by atomic mass is 9.93. The average molecular weight is 251 g/mol. The Morgan fingerprint density at radius 2 is 1.94 bits per heavy atom. The van der Waals surface area contributed by atoms with Crippen LogP contribution in [0.2, 0.25) is 0 Å². The third-order valence-corrected chi connectivity index (χ3v) is 3.52. The fraction of sp³-hybridized carbons (Fsp3) is 0.600. The number of hydrogen-bond acceptors (Lipinski definition) is 3. The smallest absolute Gasteiger partial charge is 0.124 e. The van der Waals surface area contributed by atoms with E-state index < -0.39 is 5.60 Å². The molecule has 0 amide bonds. The van der Waals surface area contributed by atoms with Crippen LogP contribution in [0.25, 0.3) is 0 Å². The predicted octanol–water partition coefficient (Wildman–Crippen LogP) is 2.88. The van der Waals surface area contributed by atoms with E-state index in [0.29, 0.717) is 0 Å². The van der Waals surface area contributed by atoms with Gasteiger partial charge in [0.1, 0.15) is 12.4 Å². The molecule has 102 valence electrons. The van der Waals surface area contributed by atoms with Crippen LogP contribution in [0.1, 0.15) is 45.7 Å². The van der Waals surface area contributed by atoms with Gasteiger partial charge in [-0.2, -0.15) is 0 Å². The van der Waals surface area contributed by atoms with E-state index in [0.717, 1.165) is 17.7 Å². The molecule has 1 aromatic rings. The minimum Gasteiger partial charge on any atom is -0.490 e. The van der Waals surface area contributed by atoms with Gasteiger partial charge in [-0.3, -0.25) is 0 Å². The molecule has 0 saturated carbocycles. The Bertz CT molecular complexity index is 375. The molecule has 0 spiro atoms. The molecule has 0 radical (unpaired) electrons. The lowest BCUT2D eigenvalue weighted by Crippen LogP contribution is -2.38. The zero-order valence-electron chi connectivity index (χ0n) is 11.8. The highest BCUT2D eigenvalue weighted by molar-refractivity contribution is 5.35. The van der Waals surface area contributed by atoms with E-state index >= 15 is 0 Å². The molecule has 2 atom stereocenters. The molecule has 0 saturated heterocycles. The number of nitrogens with two attached hydrogens (primary N) is 1. The lowest BCUT2D eigenvalue weighted by molar-refractivity contribution is -0.0269. The maximum atomic E-state index is 10.2. The number of hydrogen-bond donors (Lipinski definition) is 2. The van der Waals surface area contributed by atoms with E-state index in [-0.39, 0.29) is 18.6 Å². The van der Waals surface area contributed by atoms with Crippen molar-refractivity contribution in [1.82, 2.24) is 0 Å². The van der Waals surface area contributed by atoms with Crippen molar-refractivity contribution >= 4 is 0 Å². The maximum absolute atomic E-state index is 10.2. The first kappa shape index (κ1) is 15.0. The van der Waals surface area contributed by atoms with Crippen LogP contribution >= 0.6 is 0 Å². The van der Waals surface area contributed by atoms with Gasteiger partial charge >= 0.3 is 0 Å². The molecule has 0 aliphatic heterocycles. The third kappa shape index (κ3) is 3.72. The summed E-state index contributed by atoms with van der Waals surface area (Å²) in [5.74, 6) is 0.914. The fourth-order valence-electron chi connectivity index (χ4n) is 1.53. The molecule has 0 bridgehead atoms. The molecule has 0 fully saturated rings. The van der Waals surface area contributed by atoms with Crippen LogP contribution in [-0.4, -0.2) is 17.3 Å². The van der Waals surface area contributed by atoms with Gasteiger partial charge < -0.3 is 15.6 Å². The van der Waals surface area contributed by atoms with E-state index in [2.05, 4.69) is 0 Å².